The van der Waals surface area contributed by atoms with Gasteiger partial charge in [0.2, 0.25) is 11.7 Å². The van der Waals surface area contributed by atoms with Gasteiger partial charge in [0.1, 0.15) is 0 Å². The van der Waals surface area contributed by atoms with Gasteiger partial charge in [0.05, 0.1) is 11.4 Å². The molecule has 1 aliphatic heterocycles. The van der Waals surface area contributed by atoms with Crippen LogP contribution in [-0.4, -0.2) is 27.5 Å². The summed E-state index contributed by atoms with van der Waals surface area (Å²) in [5, 5.41) is 3.42. The number of hydrogen-bond acceptors (Lipinski definition) is 5. The second kappa shape index (κ2) is 5.58. The SMILES string of the molecule is O=C(C1CCC1)N1CCc2cc(-c3noc(C(F)(F)F)n3)sc2C1. The summed E-state index contributed by atoms with van der Waals surface area (Å²) in [6.07, 6.45) is -0.914. The zero-order valence-corrected chi connectivity index (χ0v) is 13.4. The van der Waals surface area contributed by atoms with Crippen LogP contribution in [0, 0.1) is 5.92 Å². The number of alkyl halides is 3. The number of carbonyl (C=O) groups is 1. The molecule has 0 radical (unpaired) electrons. The lowest BCUT2D eigenvalue weighted by atomic mass is 9.84. The molecule has 0 N–H and O–H groups in total. The smallest absolute Gasteiger partial charge is 0.337 e. The normalized spacial score (nSPS) is 18.4. The third-order valence-electron chi connectivity index (χ3n) is 4.54. The first-order valence-electron chi connectivity index (χ1n) is 7.73. The summed E-state index contributed by atoms with van der Waals surface area (Å²) >= 11 is 1.32. The number of hydrogen-bond donors (Lipinski definition) is 0. The molecule has 1 saturated carbocycles. The first kappa shape index (κ1) is 15.6. The lowest BCUT2D eigenvalue weighted by Crippen LogP contribution is -2.41. The van der Waals surface area contributed by atoms with Crippen LogP contribution in [-0.2, 0) is 23.9 Å². The fourth-order valence-corrected chi connectivity index (χ4v) is 4.12. The van der Waals surface area contributed by atoms with E-state index in [1.54, 1.807) is 6.07 Å². The van der Waals surface area contributed by atoms with Crippen molar-refractivity contribution in [3.05, 3.63) is 22.4 Å². The molecule has 0 saturated heterocycles. The molecule has 9 heteroatoms. The molecule has 0 unspecified atom stereocenters. The number of fused-ring (bicyclic) bond motifs is 1. The van der Waals surface area contributed by atoms with Gasteiger partial charge in [-0.3, -0.25) is 4.79 Å². The number of nitrogens with zero attached hydrogens (tertiary/aromatic N) is 3. The van der Waals surface area contributed by atoms with Crippen LogP contribution in [0.25, 0.3) is 10.7 Å². The second-order valence-electron chi connectivity index (χ2n) is 6.12. The molecule has 1 amide bonds. The van der Waals surface area contributed by atoms with Gasteiger partial charge in [0.25, 0.3) is 0 Å². The molecule has 24 heavy (non-hydrogen) atoms. The first-order valence-corrected chi connectivity index (χ1v) is 8.55. The number of rotatable bonds is 2. The van der Waals surface area contributed by atoms with E-state index in [-0.39, 0.29) is 17.6 Å². The Kier molecular flexibility index (Phi) is 3.63. The number of aromatic nitrogens is 2. The minimum atomic E-state index is -4.64. The lowest BCUT2D eigenvalue weighted by molar-refractivity contribution is -0.159. The first-order chi connectivity index (χ1) is 11.4. The van der Waals surface area contributed by atoms with Crippen LogP contribution in [0.5, 0.6) is 0 Å². The Hall–Kier alpha value is -1.90. The number of carbonyl (C=O) groups excluding carboxylic acids is 1. The largest absolute Gasteiger partial charge is 0.471 e. The maximum atomic E-state index is 12.6. The van der Waals surface area contributed by atoms with E-state index in [0.717, 1.165) is 29.7 Å². The molecule has 2 aromatic heterocycles. The Morgan fingerprint density at radius 2 is 2.17 bits per heavy atom. The summed E-state index contributed by atoms with van der Waals surface area (Å²) in [5.41, 5.74) is 1.05. The van der Waals surface area contributed by atoms with Crippen molar-refractivity contribution in [1.29, 1.82) is 0 Å². The van der Waals surface area contributed by atoms with Gasteiger partial charge in [-0.1, -0.05) is 11.6 Å². The van der Waals surface area contributed by atoms with E-state index in [2.05, 4.69) is 14.7 Å². The Morgan fingerprint density at radius 1 is 1.38 bits per heavy atom. The van der Waals surface area contributed by atoms with E-state index >= 15 is 0 Å². The zero-order chi connectivity index (χ0) is 16.9. The minimum absolute atomic E-state index is 0.0569. The maximum absolute atomic E-state index is 12.6. The predicted octanol–water partition coefficient (Wildman–Crippen LogP) is 3.50. The van der Waals surface area contributed by atoms with Crippen molar-refractivity contribution in [3.63, 3.8) is 0 Å². The summed E-state index contributed by atoms with van der Waals surface area (Å²) in [6, 6.07) is 1.80. The molecular weight excluding hydrogens is 343 g/mol. The minimum Gasteiger partial charge on any atom is -0.337 e. The van der Waals surface area contributed by atoms with Gasteiger partial charge < -0.3 is 9.42 Å². The highest BCUT2D eigenvalue weighted by molar-refractivity contribution is 7.15. The Bertz CT molecular complexity index is 779. The van der Waals surface area contributed by atoms with Crippen LogP contribution in [0.3, 0.4) is 0 Å². The molecule has 1 aliphatic carbocycles. The van der Waals surface area contributed by atoms with Gasteiger partial charge in [0, 0.05) is 17.3 Å². The molecule has 3 heterocycles. The summed E-state index contributed by atoms with van der Waals surface area (Å²) in [6.45, 7) is 1.16. The molecule has 0 atom stereocenters. The second-order valence-corrected chi connectivity index (χ2v) is 7.25. The predicted molar refractivity (Wildman–Crippen MR) is 79.1 cm³/mol. The van der Waals surface area contributed by atoms with Gasteiger partial charge >= 0.3 is 12.1 Å². The molecule has 0 aromatic carbocycles. The highest BCUT2D eigenvalue weighted by atomic mass is 32.1. The van der Waals surface area contributed by atoms with Crippen molar-refractivity contribution in [1.82, 2.24) is 15.0 Å². The zero-order valence-electron chi connectivity index (χ0n) is 12.6. The molecule has 1 fully saturated rings. The molecule has 0 bridgehead atoms. The van der Waals surface area contributed by atoms with Crippen molar-refractivity contribution < 1.29 is 22.5 Å². The highest BCUT2D eigenvalue weighted by Gasteiger charge is 2.39. The van der Waals surface area contributed by atoms with Crippen molar-refractivity contribution in [3.8, 4) is 10.7 Å². The van der Waals surface area contributed by atoms with Gasteiger partial charge in [-0.25, -0.2) is 0 Å². The van der Waals surface area contributed by atoms with E-state index in [1.165, 1.54) is 11.3 Å². The van der Waals surface area contributed by atoms with Crippen LogP contribution in [0.15, 0.2) is 10.6 Å². The van der Waals surface area contributed by atoms with Crippen LogP contribution >= 0.6 is 11.3 Å². The monoisotopic (exact) mass is 357 g/mol. The summed E-state index contributed by atoms with van der Waals surface area (Å²) in [7, 11) is 0. The van der Waals surface area contributed by atoms with E-state index in [0.29, 0.717) is 24.4 Å². The van der Waals surface area contributed by atoms with Gasteiger partial charge in [-0.2, -0.15) is 18.2 Å². The van der Waals surface area contributed by atoms with Gasteiger partial charge in [-0.15, -0.1) is 11.3 Å². The average Bonchev–Trinajstić information content (AvgIpc) is 3.10. The van der Waals surface area contributed by atoms with E-state index in [1.807, 2.05) is 4.90 Å². The highest BCUT2D eigenvalue weighted by Crippen LogP contribution is 2.37. The quantitative estimate of drug-likeness (QED) is 0.825. The molecule has 0 spiro atoms. The summed E-state index contributed by atoms with van der Waals surface area (Å²) < 4.78 is 42.0. The third kappa shape index (κ3) is 2.70. The number of halogens is 3. The molecule has 5 nitrogen and oxygen atoms in total. The van der Waals surface area contributed by atoms with Crippen LogP contribution in [0.1, 0.15) is 35.6 Å². The van der Waals surface area contributed by atoms with E-state index in [9.17, 15) is 18.0 Å². The molecule has 2 aliphatic rings. The Labute approximate surface area is 139 Å². The summed E-state index contributed by atoms with van der Waals surface area (Å²) in [5.74, 6) is -1.05. The third-order valence-corrected chi connectivity index (χ3v) is 5.70. The van der Waals surface area contributed by atoms with Crippen molar-refractivity contribution in [2.24, 2.45) is 5.92 Å². The van der Waals surface area contributed by atoms with Gasteiger partial charge in [-0.05, 0) is 30.9 Å². The van der Waals surface area contributed by atoms with E-state index < -0.39 is 12.1 Å². The number of amides is 1. The van der Waals surface area contributed by atoms with E-state index in [4.69, 9.17) is 0 Å². The fraction of sp³-hybridized carbons (Fsp3) is 0.533. The van der Waals surface area contributed by atoms with Crippen LogP contribution in [0.2, 0.25) is 0 Å². The van der Waals surface area contributed by atoms with Gasteiger partial charge in [0.15, 0.2) is 0 Å². The average molecular weight is 357 g/mol. The van der Waals surface area contributed by atoms with Crippen LogP contribution in [0.4, 0.5) is 13.2 Å². The fourth-order valence-electron chi connectivity index (χ4n) is 2.97. The lowest BCUT2D eigenvalue weighted by Gasteiger charge is -2.33. The standard InChI is InChI=1S/C15H14F3N3O2S/c16-15(17,18)14-19-12(20-23-14)10-6-9-4-5-21(7-11(9)24-10)13(22)8-2-1-3-8/h6,8H,1-5,7H2. The topological polar surface area (TPSA) is 59.2 Å². The molecular formula is C15H14F3N3O2S. The van der Waals surface area contributed by atoms with Crippen molar-refractivity contribution in [2.75, 3.05) is 6.54 Å². The van der Waals surface area contributed by atoms with Crippen LogP contribution < -0.4 is 0 Å². The molecule has 128 valence electrons. The Balaban J connectivity index is 1.54. The molecule has 4 rings (SSSR count). The molecule has 2 aromatic rings. The van der Waals surface area contributed by atoms with Crippen molar-refractivity contribution in [2.45, 2.75) is 38.4 Å². The number of thiophene rings is 1. The Morgan fingerprint density at radius 3 is 2.79 bits per heavy atom. The summed E-state index contributed by atoms with van der Waals surface area (Å²) in [4.78, 5) is 19.2. The van der Waals surface area contributed by atoms with Crippen molar-refractivity contribution >= 4 is 17.2 Å². The maximum Gasteiger partial charge on any atom is 0.471 e.